The van der Waals surface area contributed by atoms with Gasteiger partial charge in [0.15, 0.2) is 8.07 Å². The summed E-state index contributed by atoms with van der Waals surface area (Å²) in [6.45, 7) is 0. The van der Waals surface area contributed by atoms with Crippen molar-refractivity contribution in [1.82, 2.24) is 9.38 Å². The van der Waals surface area contributed by atoms with Crippen molar-refractivity contribution in [2.45, 2.75) is 0 Å². The molecule has 254 valence electrons. The van der Waals surface area contributed by atoms with Gasteiger partial charge in [0, 0.05) is 43.3 Å². The van der Waals surface area contributed by atoms with Crippen molar-refractivity contribution in [2.24, 2.45) is 0 Å². The Labute approximate surface area is 322 Å². The Hall–Kier alpha value is -6.59. The van der Waals surface area contributed by atoms with Crippen LogP contribution in [0.25, 0.3) is 92.0 Å². The lowest BCUT2D eigenvalue weighted by atomic mass is 9.96. The van der Waals surface area contributed by atoms with Gasteiger partial charge < -0.3 is 0 Å². The number of fused-ring (bicyclic) bond motifs is 19. The Morgan fingerprint density at radius 3 is 1.80 bits per heavy atom. The minimum atomic E-state index is -2.71. The van der Waals surface area contributed by atoms with Crippen LogP contribution < -0.4 is 20.7 Å². The Balaban J connectivity index is 1.08. The van der Waals surface area contributed by atoms with Gasteiger partial charge in [-0.25, -0.2) is 4.98 Å². The molecule has 1 spiro atoms. The molecule has 0 N–H and O–H groups in total. The molecule has 8 aromatic carbocycles. The maximum atomic E-state index is 4.73. The second kappa shape index (κ2) is 10.8. The third-order valence-corrected chi connectivity index (χ3v) is 18.6. The molecular formula is C51H30N2SSi. The molecule has 0 aliphatic carbocycles. The number of hydrogen-bond acceptors (Lipinski definition) is 2. The molecule has 0 bridgehead atoms. The summed E-state index contributed by atoms with van der Waals surface area (Å²) in [6, 6.07) is 64.6. The van der Waals surface area contributed by atoms with E-state index in [4.69, 9.17) is 4.98 Å². The van der Waals surface area contributed by atoms with Gasteiger partial charge in [-0.15, -0.1) is 11.3 Å². The van der Waals surface area contributed by atoms with Crippen LogP contribution in [-0.2, 0) is 0 Å². The number of rotatable bonds is 2. The van der Waals surface area contributed by atoms with Gasteiger partial charge in [-0.3, -0.25) is 4.40 Å². The predicted octanol–water partition coefficient (Wildman–Crippen LogP) is 10.7. The average molecular weight is 731 g/mol. The number of benzene rings is 8. The molecule has 0 atom stereocenters. The van der Waals surface area contributed by atoms with Crippen LogP contribution in [0.15, 0.2) is 182 Å². The van der Waals surface area contributed by atoms with Gasteiger partial charge in [0.1, 0.15) is 5.65 Å². The van der Waals surface area contributed by atoms with Crippen molar-refractivity contribution in [3.05, 3.63) is 182 Å². The zero-order valence-electron chi connectivity index (χ0n) is 29.6. The van der Waals surface area contributed by atoms with E-state index in [1.807, 2.05) is 17.5 Å². The number of imidazole rings is 1. The van der Waals surface area contributed by atoms with E-state index in [1.54, 1.807) is 0 Å². The highest BCUT2D eigenvalue weighted by Gasteiger charge is 2.54. The van der Waals surface area contributed by atoms with E-state index in [0.717, 1.165) is 5.65 Å². The number of pyridine rings is 1. The fraction of sp³-hybridized carbons (Fsp3) is 0. The first-order valence-corrected chi connectivity index (χ1v) is 21.8. The van der Waals surface area contributed by atoms with Crippen molar-refractivity contribution in [3.63, 3.8) is 0 Å². The Morgan fingerprint density at radius 1 is 0.418 bits per heavy atom. The number of thiophene rings is 1. The summed E-state index contributed by atoms with van der Waals surface area (Å²) in [5.41, 5.74) is 12.8. The minimum absolute atomic E-state index is 1.00. The third kappa shape index (κ3) is 3.80. The SMILES string of the molecule is c1ccc2c(c1)-c1ccccc1[Si]21c2cc(-c3ccc4c(c3)c3ccccc3c3nccn43)ccc2-c2ccc(-c3cccc4c3sc3ccccc34)cc21. The Bertz CT molecular complexity index is 3420. The van der Waals surface area contributed by atoms with Crippen molar-refractivity contribution < 1.29 is 0 Å². The van der Waals surface area contributed by atoms with Gasteiger partial charge in [-0.1, -0.05) is 152 Å². The standard InChI is InChI=1S/C51H30N2SSi/c1-2-14-42-35(10-1)43-28-31(22-25-44(43)53-27-26-52-51(42)53)32-20-23-39-40-24-21-33(34-15-9-16-41-36-11-3-6-17-45(36)54-50(34)41)30-49(40)55(48(39)29-32)46-18-7-4-12-37(46)38-13-5-8-19-47(38)55/h1-30H. The lowest BCUT2D eigenvalue weighted by Crippen LogP contribution is -2.70. The van der Waals surface area contributed by atoms with Crippen molar-refractivity contribution in [3.8, 4) is 44.5 Å². The van der Waals surface area contributed by atoms with E-state index < -0.39 is 8.07 Å². The second-order valence-electron chi connectivity index (χ2n) is 15.0. The van der Waals surface area contributed by atoms with E-state index in [-0.39, 0.29) is 0 Å². The van der Waals surface area contributed by atoms with Crippen LogP contribution in [0, 0.1) is 0 Å². The molecule has 0 fully saturated rings. The van der Waals surface area contributed by atoms with Crippen LogP contribution in [0.2, 0.25) is 0 Å². The van der Waals surface area contributed by atoms with Crippen molar-refractivity contribution in [2.75, 3.05) is 0 Å². The molecule has 0 saturated heterocycles. The van der Waals surface area contributed by atoms with Crippen LogP contribution >= 0.6 is 11.3 Å². The fourth-order valence-electron chi connectivity index (χ4n) is 10.2. The molecule has 13 rings (SSSR count). The molecule has 3 aromatic heterocycles. The fourth-order valence-corrected chi connectivity index (χ4v) is 17.1. The minimum Gasteiger partial charge on any atom is -0.299 e. The highest BCUT2D eigenvalue weighted by molar-refractivity contribution is 7.26. The van der Waals surface area contributed by atoms with Crippen LogP contribution in [0.5, 0.6) is 0 Å². The normalized spacial score (nSPS) is 13.6. The van der Waals surface area contributed by atoms with Crippen molar-refractivity contribution in [1.29, 1.82) is 0 Å². The van der Waals surface area contributed by atoms with Crippen LogP contribution in [0.1, 0.15) is 0 Å². The first-order chi connectivity index (χ1) is 27.3. The highest BCUT2D eigenvalue weighted by atomic mass is 32.1. The molecule has 0 saturated carbocycles. The number of nitrogens with zero attached hydrogens (tertiary/aromatic N) is 2. The highest BCUT2D eigenvalue weighted by Crippen LogP contribution is 2.43. The monoisotopic (exact) mass is 730 g/mol. The van der Waals surface area contributed by atoms with E-state index in [1.165, 1.54) is 107 Å². The first-order valence-electron chi connectivity index (χ1n) is 18.9. The average Bonchev–Trinajstić information content (AvgIpc) is 4.02. The molecule has 55 heavy (non-hydrogen) atoms. The summed E-state index contributed by atoms with van der Waals surface area (Å²) in [6.07, 6.45) is 3.99. The lowest BCUT2D eigenvalue weighted by molar-refractivity contribution is 1.27. The van der Waals surface area contributed by atoms with Crippen LogP contribution in [-0.4, -0.2) is 17.5 Å². The number of aromatic nitrogens is 2. The van der Waals surface area contributed by atoms with E-state index in [9.17, 15) is 0 Å². The second-order valence-corrected chi connectivity index (χ2v) is 19.7. The first kappa shape index (κ1) is 29.8. The predicted molar refractivity (Wildman–Crippen MR) is 236 cm³/mol. The molecule has 2 aliphatic heterocycles. The molecular weight excluding hydrogens is 701 g/mol. The van der Waals surface area contributed by atoms with E-state index in [0.29, 0.717) is 0 Å². The zero-order chi connectivity index (χ0) is 35.8. The molecule has 2 nitrogen and oxygen atoms in total. The number of hydrogen-bond donors (Lipinski definition) is 0. The quantitative estimate of drug-likeness (QED) is 0.128. The van der Waals surface area contributed by atoms with E-state index in [2.05, 4.69) is 180 Å². The van der Waals surface area contributed by atoms with Crippen molar-refractivity contribution >= 4 is 87.7 Å². The Morgan fingerprint density at radius 2 is 1.00 bits per heavy atom. The molecule has 11 aromatic rings. The molecule has 0 radical (unpaired) electrons. The zero-order valence-corrected chi connectivity index (χ0v) is 31.4. The van der Waals surface area contributed by atoms with E-state index >= 15 is 0 Å². The smallest absolute Gasteiger partial charge is 0.182 e. The summed E-state index contributed by atoms with van der Waals surface area (Å²) in [7, 11) is -2.71. The summed E-state index contributed by atoms with van der Waals surface area (Å²) in [5.74, 6) is 0. The summed E-state index contributed by atoms with van der Waals surface area (Å²) in [4.78, 5) is 4.73. The molecule has 0 amide bonds. The third-order valence-electron chi connectivity index (χ3n) is 12.5. The molecule has 5 heterocycles. The van der Waals surface area contributed by atoms with Gasteiger partial charge in [-0.2, -0.15) is 0 Å². The molecule has 0 unspecified atom stereocenters. The largest absolute Gasteiger partial charge is 0.299 e. The summed E-state index contributed by atoms with van der Waals surface area (Å²) in [5, 5.41) is 12.3. The molecule has 2 aliphatic rings. The maximum absolute atomic E-state index is 4.73. The topological polar surface area (TPSA) is 17.3 Å². The summed E-state index contributed by atoms with van der Waals surface area (Å²) < 4.78 is 4.93. The van der Waals surface area contributed by atoms with Gasteiger partial charge >= 0.3 is 0 Å². The van der Waals surface area contributed by atoms with Crippen LogP contribution in [0.3, 0.4) is 0 Å². The lowest BCUT2D eigenvalue weighted by Gasteiger charge is -2.28. The van der Waals surface area contributed by atoms with Gasteiger partial charge in [0.05, 0.1) is 5.52 Å². The van der Waals surface area contributed by atoms with Crippen LogP contribution in [0.4, 0.5) is 0 Å². The maximum Gasteiger partial charge on any atom is 0.182 e. The summed E-state index contributed by atoms with van der Waals surface area (Å²) >= 11 is 1.91. The van der Waals surface area contributed by atoms with Gasteiger partial charge in [0.25, 0.3) is 0 Å². The Kier molecular flexibility index (Phi) is 5.83. The van der Waals surface area contributed by atoms with Gasteiger partial charge in [-0.05, 0) is 88.8 Å². The van der Waals surface area contributed by atoms with Gasteiger partial charge in [0.2, 0.25) is 0 Å². The molecule has 4 heteroatoms.